The summed E-state index contributed by atoms with van der Waals surface area (Å²) in [7, 11) is 1.40. The highest BCUT2D eigenvalue weighted by Crippen LogP contribution is 2.27. The molecule has 1 fully saturated rings. The Morgan fingerprint density at radius 3 is 3.05 bits per heavy atom. The Hall–Kier alpha value is -0.910. The van der Waals surface area contributed by atoms with Gasteiger partial charge in [0, 0.05) is 17.5 Å². The van der Waals surface area contributed by atoms with Gasteiger partial charge in [-0.3, -0.25) is 4.90 Å². The summed E-state index contributed by atoms with van der Waals surface area (Å²) in [5.41, 5.74) is 0. The Morgan fingerprint density at radius 2 is 2.37 bits per heavy atom. The molecule has 1 N–H and O–H groups in total. The van der Waals surface area contributed by atoms with Crippen molar-refractivity contribution in [2.45, 2.75) is 32.4 Å². The topological polar surface area (TPSA) is 49.8 Å². The number of nitrogens with zero attached hydrogens (tertiary/aromatic N) is 1. The lowest BCUT2D eigenvalue weighted by atomic mass is 9.91. The molecular formula is C14H21NO3S. The van der Waals surface area contributed by atoms with Gasteiger partial charge in [0.25, 0.3) is 0 Å². The fraction of sp³-hybridized carbons (Fsp3) is 0.643. The van der Waals surface area contributed by atoms with Crippen molar-refractivity contribution < 1.29 is 14.6 Å². The van der Waals surface area contributed by atoms with Crippen LogP contribution >= 0.6 is 11.3 Å². The van der Waals surface area contributed by atoms with Crippen molar-refractivity contribution in [2.24, 2.45) is 5.92 Å². The molecule has 4 nitrogen and oxygen atoms in total. The number of esters is 1. The molecule has 2 rings (SSSR count). The minimum atomic E-state index is -0.276. The van der Waals surface area contributed by atoms with E-state index in [2.05, 4.69) is 11.8 Å². The third-order valence-corrected chi connectivity index (χ3v) is 4.87. The van der Waals surface area contributed by atoms with Crippen LogP contribution in [0.15, 0.2) is 12.1 Å². The number of rotatable bonds is 4. The van der Waals surface area contributed by atoms with Crippen LogP contribution in [0.1, 0.15) is 34.3 Å². The number of hydrogen-bond donors (Lipinski definition) is 1. The van der Waals surface area contributed by atoms with E-state index >= 15 is 0 Å². The van der Waals surface area contributed by atoms with Gasteiger partial charge in [-0.25, -0.2) is 4.79 Å². The Balaban J connectivity index is 2.03. The van der Waals surface area contributed by atoms with E-state index in [9.17, 15) is 9.90 Å². The molecule has 0 amide bonds. The van der Waals surface area contributed by atoms with Gasteiger partial charge in [0.1, 0.15) is 4.88 Å². The highest BCUT2D eigenvalue weighted by atomic mass is 32.1. The van der Waals surface area contributed by atoms with Crippen LogP contribution in [0.5, 0.6) is 0 Å². The fourth-order valence-electron chi connectivity index (χ4n) is 2.70. The minimum absolute atomic E-state index is 0.205. The van der Waals surface area contributed by atoms with Crippen LogP contribution in [0.4, 0.5) is 0 Å². The van der Waals surface area contributed by atoms with Gasteiger partial charge in [-0.2, -0.15) is 0 Å². The maximum absolute atomic E-state index is 11.4. The first-order chi connectivity index (χ1) is 9.15. The maximum Gasteiger partial charge on any atom is 0.348 e. The minimum Gasteiger partial charge on any atom is -0.465 e. The molecule has 1 aromatic heterocycles. The Labute approximate surface area is 118 Å². The van der Waals surface area contributed by atoms with Crippen molar-refractivity contribution in [1.29, 1.82) is 0 Å². The van der Waals surface area contributed by atoms with Crippen LogP contribution < -0.4 is 0 Å². The summed E-state index contributed by atoms with van der Waals surface area (Å²) < 4.78 is 4.72. The summed E-state index contributed by atoms with van der Waals surface area (Å²) in [5, 5.41) is 9.53. The number of aliphatic hydroxyl groups is 1. The first-order valence-corrected chi connectivity index (χ1v) is 7.49. The smallest absolute Gasteiger partial charge is 0.348 e. The summed E-state index contributed by atoms with van der Waals surface area (Å²) >= 11 is 1.48. The number of hydrogen-bond acceptors (Lipinski definition) is 5. The van der Waals surface area contributed by atoms with E-state index in [0.717, 1.165) is 18.0 Å². The zero-order chi connectivity index (χ0) is 13.8. The maximum atomic E-state index is 11.4. The number of aliphatic hydroxyl groups excluding tert-OH is 1. The number of ether oxygens (including phenoxy) is 1. The second-order valence-corrected chi connectivity index (χ2v) is 6.27. The molecule has 2 heterocycles. The van der Waals surface area contributed by atoms with E-state index in [4.69, 9.17) is 4.74 Å². The van der Waals surface area contributed by atoms with Crippen LogP contribution in [-0.2, 0) is 11.3 Å². The second-order valence-electron chi connectivity index (χ2n) is 5.10. The van der Waals surface area contributed by atoms with Gasteiger partial charge in [0.05, 0.1) is 13.7 Å². The highest BCUT2D eigenvalue weighted by molar-refractivity contribution is 7.13. The van der Waals surface area contributed by atoms with E-state index in [-0.39, 0.29) is 18.6 Å². The molecule has 0 bridgehead atoms. The lowest BCUT2D eigenvalue weighted by Gasteiger charge is -2.38. The average Bonchev–Trinajstić information content (AvgIpc) is 2.87. The summed E-state index contributed by atoms with van der Waals surface area (Å²) in [6.45, 7) is 4.22. The molecule has 106 valence electrons. The SMILES string of the molecule is COC(=O)c1ccc(CN2CCCC(C)C2CO)s1. The summed E-state index contributed by atoms with van der Waals surface area (Å²) in [6.07, 6.45) is 2.35. The van der Waals surface area contributed by atoms with E-state index in [1.807, 2.05) is 12.1 Å². The van der Waals surface area contributed by atoms with E-state index < -0.39 is 0 Å². The van der Waals surface area contributed by atoms with Gasteiger partial charge >= 0.3 is 5.97 Å². The molecule has 1 aliphatic heterocycles. The first-order valence-electron chi connectivity index (χ1n) is 6.67. The quantitative estimate of drug-likeness (QED) is 0.860. The summed E-state index contributed by atoms with van der Waals surface area (Å²) in [4.78, 5) is 15.5. The van der Waals surface area contributed by atoms with Crippen molar-refractivity contribution in [3.8, 4) is 0 Å². The zero-order valence-corrected chi connectivity index (χ0v) is 12.3. The molecular weight excluding hydrogens is 262 g/mol. The first kappa shape index (κ1) is 14.5. The van der Waals surface area contributed by atoms with Gasteiger partial charge in [-0.05, 0) is 37.4 Å². The molecule has 19 heavy (non-hydrogen) atoms. The molecule has 1 saturated heterocycles. The predicted octanol–water partition coefficient (Wildman–Crippen LogP) is 2.13. The Bertz CT molecular complexity index is 432. The number of piperidine rings is 1. The van der Waals surface area contributed by atoms with Crippen LogP contribution in [0.3, 0.4) is 0 Å². The summed E-state index contributed by atoms with van der Waals surface area (Å²) in [6, 6.07) is 4.02. The van der Waals surface area contributed by atoms with Crippen molar-refractivity contribution >= 4 is 17.3 Å². The Morgan fingerprint density at radius 1 is 1.58 bits per heavy atom. The number of thiophene rings is 1. The van der Waals surface area contributed by atoms with Gasteiger partial charge in [-0.15, -0.1) is 11.3 Å². The predicted molar refractivity (Wildman–Crippen MR) is 75.3 cm³/mol. The lowest BCUT2D eigenvalue weighted by Crippen LogP contribution is -2.45. The van der Waals surface area contributed by atoms with E-state index in [1.54, 1.807) is 0 Å². The number of carbonyl (C=O) groups excluding carboxylic acids is 1. The van der Waals surface area contributed by atoms with Gasteiger partial charge in [0.2, 0.25) is 0 Å². The normalized spacial score (nSPS) is 24.4. The van der Waals surface area contributed by atoms with Gasteiger partial charge in [-0.1, -0.05) is 6.92 Å². The second kappa shape index (κ2) is 6.50. The number of carbonyl (C=O) groups is 1. The van der Waals surface area contributed by atoms with E-state index in [1.165, 1.54) is 31.3 Å². The van der Waals surface area contributed by atoms with Gasteiger partial charge < -0.3 is 9.84 Å². The van der Waals surface area contributed by atoms with Crippen molar-refractivity contribution in [3.63, 3.8) is 0 Å². The molecule has 2 unspecified atom stereocenters. The van der Waals surface area contributed by atoms with Crippen molar-refractivity contribution in [1.82, 2.24) is 4.90 Å². The van der Waals surface area contributed by atoms with Crippen molar-refractivity contribution in [3.05, 3.63) is 21.9 Å². The molecule has 0 aliphatic carbocycles. The molecule has 0 aromatic carbocycles. The van der Waals surface area contributed by atoms with Crippen LogP contribution in [-0.4, -0.2) is 42.3 Å². The number of methoxy groups -OCH3 is 1. The van der Waals surface area contributed by atoms with Crippen LogP contribution in [0.25, 0.3) is 0 Å². The largest absolute Gasteiger partial charge is 0.465 e. The average molecular weight is 283 g/mol. The molecule has 1 aromatic rings. The lowest BCUT2D eigenvalue weighted by molar-refractivity contribution is 0.0479. The molecule has 0 saturated carbocycles. The monoisotopic (exact) mass is 283 g/mol. The van der Waals surface area contributed by atoms with Gasteiger partial charge in [0.15, 0.2) is 0 Å². The standard InChI is InChI=1S/C14H21NO3S/c1-10-4-3-7-15(12(10)9-16)8-11-5-6-13(19-11)14(17)18-2/h5-6,10,12,16H,3-4,7-9H2,1-2H3. The third-order valence-electron chi connectivity index (χ3n) is 3.82. The van der Waals surface area contributed by atoms with Crippen molar-refractivity contribution in [2.75, 3.05) is 20.3 Å². The highest BCUT2D eigenvalue weighted by Gasteiger charge is 2.28. The molecule has 2 atom stereocenters. The summed E-state index contributed by atoms with van der Waals surface area (Å²) in [5.74, 6) is 0.251. The third kappa shape index (κ3) is 3.35. The molecule has 0 spiro atoms. The van der Waals surface area contributed by atoms with Crippen LogP contribution in [0.2, 0.25) is 0 Å². The number of likely N-dealkylation sites (tertiary alicyclic amines) is 1. The molecule has 0 radical (unpaired) electrons. The fourth-order valence-corrected chi connectivity index (χ4v) is 3.65. The van der Waals surface area contributed by atoms with E-state index in [0.29, 0.717) is 10.8 Å². The Kier molecular flexibility index (Phi) is 4.96. The zero-order valence-electron chi connectivity index (χ0n) is 11.5. The van der Waals surface area contributed by atoms with Crippen LogP contribution in [0, 0.1) is 5.92 Å². The molecule has 1 aliphatic rings. The molecule has 5 heteroatoms.